The van der Waals surface area contributed by atoms with Crippen LogP contribution in [0.1, 0.15) is 39.4 Å². The molecule has 2 aromatic rings. The third-order valence-corrected chi connectivity index (χ3v) is 3.64. The van der Waals surface area contributed by atoms with E-state index in [-0.39, 0.29) is 23.3 Å². The van der Waals surface area contributed by atoms with E-state index in [9.17, 15) is 4.39 Å². The highest BCUT2D eigenvalue weighted by atomic mass is 19.1. The van der Waals surface area contributed by atoms with Gasteiger partial charge in [-0.2, -0.15) is 0 Å². The molecule has 0 spiro atoms. The van der Waals surface area contributed by atoms with Gasteiger partial charge in [-0.25, -0.2) is 9.37 Å². The minimum atomic E-state index is -0.309. The molecule has 0 radical (unpaired) electrons. The van der Waals surface area contributed by atoms with Gasteiger partial charge in [0, 0.05) is 31.0 Å². The molecule has 5 heteroatoms. The lowest BCUT2D eigenvalue weighted by molar-refractivity contribution is 0.224. The van der Waals surface area contributed by atoms with Crippen LogP contribution in [0.15, 0.2) is 37.1 Å². The number of rotatable bonds is 5. The highest BCUT2D eigenvalue weighted by Gasteiger charge is 2.26. The topological polar surface area (TPSA) is 42.7 Å². The van der Waals surface area contributed by atoms with E-state index in [1.165, 1.54) is 12.3 Å². The summed E-state index contributed by atoms with van der Waals surface area (Å²) in [7, 11) is 0. The van der Waals surface area contributed by atoms with Crippen LogP contribution in [0.2, 0.25) is 0 Å². The molecular formula is C16H23FN4. The number of nitrogens with zero attached hydrogens (tertiary/aromatic N) is 3. The largest absolute Gasteiger partial charge is 0.336 e. The van der Waals surface area contributed by atoms with Crippen molar-refractivity contribution >= 4 is 0 Å². The molecule has 0 aromatic carbocycles. The van der Waals surface area contributed by atoms with Crippen molar-refractivity contribution in [2.45, 2.75) is 46.3 Å². The van der Waals surface area contributed by atoms with Crippen molar-refractivity contribution in [3.05, 3.63) is 48.6 Å². The number of hydrogen-bond donors (Lipinski definition) is 1. The fraction of sp³-hybridized carbons (Fsp3) is 0.500. The molecule has 0 amide bonds. The Morgan fingerprint density at radius 2 is 2.10 bits per heavy atom. The van der Waals surface area contributed by atoms with Crippen molar-refractivity contribution in [2.24, 2.45) is 5.41 Å². The lowest BCUT2D eigenvalue weighted by Crippen LogP contribution is -2.44. The van der Waals surface area contributed by atoms with Gasteiger partial charge in [0.05, 0.1) is 18.2 Å². The SMILES string of the molecule is CC(NC(Cn1ccnc1)C(C)(C)C)c1ccc(F)cn1. The fourth-order valence-electron chi connectivity index (χ4n) is 2.21. The van der Waals surface area contributed by atoms with Gasteiger partial charge in [0.1, 0.15) is 5.82 Å². The van der Waals surface area contributed by atoms with Crippen molar-refractivity contribution in [1.29, 1.82) is 0 Å². The normalized spacial score (nSPS) is 14.9. The maximum atomic E-state index is 13.0. The number of halogens is 1. The van der Waals surface area contributed by atoms with Crippen LogP contribution in [0.5, 0.6) is 0 Å². The first-order chi connectivity index (χ1) is 9.86. The van der Waals surface area contributed by atoms with Gasteiger partial charge >= 0.3 is 0 Å². The Morgan fingerprint density at radius 3 is 2.62 bits per heavy atom. The second kappa shape index (κ2) is 6.35. The van der Waals surface area contributed by atoms with E-state index >= 15 is 0 Å². The van der Waals surface area contributed by atoms with Gasteiger partial charge in [-0.3, -0.25) is 4.98 Å². The fourth-order valence-corrected chi connectivity index (χ4v) is 2.21. The molecule has 2 heterocycles. The molecule has 2 atom stereocenters. The zero-order chi connectivity index (χ0) is 15.5. The number of aromatic nitrogens is 3. The standard InChI is InChI=1S/C16H23FN4/c1-12(14-6-5-13(17)9-19-14)20-15(16(2,3)4)10-21-8-7-18-11-21/h5-9,11-12,15,20H,10H2,1-4H3. The summed E-state index contributed by atoms with van der Waals surface area (Å²) in [5, 5.41) is 3.60. The molecule has 2 aromatic heterocycles. The summed E-state index contributed by atoms with van der Waals surface area (Å²) >= 11 is 0. The van der Waals surface area contributed by atoms with E-state index in [2.05, 4.69) is 40.6 Å². The summed E-state index contributed by atoms with van der Waals surface area (Å²) < 4.78 is 15.0. The third-order valence-electron chi connectivity index (χ3n) is 3.64. The molecule has 2 rings (SSSR count). The zero-order valence-corrected chi connectivity index (χ0v) is 13.0. The number of imidazole rings is 1. The average molecular weight is 290 g/mol. The molecule has 0 aliphatic carbocycles. The molecule has 0 saturated carbocycles. The van der Waals surface area contributed by atoms with Gasteiger partial charge in [-0.15, -0.1) is 0 Å². The molecule has 0 saturated heterocycles. The monoisotopic (exact) mass is 290 g/mol. The number of pyridine rings is 1. The Morgan fingerprint density at radius 1 is 1.33 bits per heavy atom. The smallest absolute Gasteiger partial charge is 0.141 e. The maximum absolute atomic E-state index is 13.0. The maximum Gasteiger partial charge on any atom is 0.141 e. The number of hydrogen-bond acceptors (Lipinski definition) is 3. The Hall–Kier alpha value is -1.75. The van der Waals surface area contributed by atoms with E-state index in [1.807, 2.05) is 19.4 Å². The van der Waals surface area contributed by atoms with Crippen LogP contribution in [0.4, 0.5) is 4.39 Å². The Labute approximate surface area is 125 Å². The van der Waals surface area contributed by atoms with E-state index in [1.54, 1.807) is 12.3 Å². The van der Waals surface area contributed by atoms with Crippen molar-refractivity contribution in [3.8, 4) is 0 Å². The molecule has 4 nitrogen and oxygen atoms in total. The highest BCUT2D eigenvalue weighted by Crippen LogP contribution is 2.23. The van der Waals surface area contributed by atoms with Gasteiger partial charge in [-0.1, -0.05) is 20.8 Å². The summed E-state index contributed by atoms with van der Waals surface area (Å²) in [6, 6.07) is 3.47. The summed E-state index contributed by atoms with van der Waals surface area (Å²) in [5.41, 5.74) is 0.926. The first-order valence-electron chi connectivity index (χ1n) is 7.19. The summed E-state index contributed by atoms with van der Waals surface area (Å²) in [5.74, 6) is -0.309. The predicted octanol–water partition coefficient (Wildman–Crippen LogP) is 3.18. The van der Waals surface area contributed by atoms with Crippen LogP contribution < -0.4 is 5.32 Å². The summed E-state index contributed by atoms with van der Waals surface area (Å²) in [6.07, 6.45) is 6.82. The molecule has 0 aliphatic rings. The molecule has 0 bridgehead atoms. The molecular weight excluding hydrogens is 267 g/mol. The van der Waals surface area contributed by atoms with Gasteiger partial charge in [0.2, 0.25) is 0 Å². The van der Waals surface area contributed by atoms with E-state index in [0.717, 1.165) is 12.2 Å². The Balaban J connectivity index is 2.09. The first kappa shape index (κ1) is 15.6. The molecule has 2 unspecified atom stereocenters. The van der Waals surface area contributed by atoms with Crippen LogP contribution in [0.25, 0.3) is 0 Å². The molecule has 21 heavy (non-hydrogen) atoms. The second-order valence-corrected chi connectivity index (χ2v) is 6.47. The minimum Gasteiger partial charge on any atom is -0.336 e. The van der Waals surface area contributed by atoms with Crippen molar-refractivity contribution in [2.75, 3.05) is 0 Å². The molecule has 1 N–H and O–H groups in total. The van der Waals surface area contributed by atoms with Gasteiger partial charge < -0.3 is 9.88 Å². The van der Waals surface area contributed by atoms with Crippen molar-refractivity contribution < 1.29 is 4.39 Å². The zero-order valence-electron chi connectivity index (χ0n) is 13.0. The molecule has 114 valence electrons. The second-order valence-electron chi connectivity index (χ2n) is 6.47. The van der Waals surface area contributed by atoms with Crippen molar-refractivity contribution in [1.82, 2.24) is 19.9 Å². The summed E-state index contributed by atoms with van der Waals surface area (Å²) in [6.45, 7) is 9.48. The van der Waals surface area contributed by atoms with Gasteiger partial charge in [-0.05, 0) is 24.5 Å². The van der Waals surface area contributed by atoms with E-state index < -0.39 is 0 Å². The van der Waals surface area contributed by atoms with E-state index in [4.69, 9.17) is 0 Å². The Bertz CT molecular complexity index is 543. The first-order valence-corrected chi connectivity index (χ1v) is 7.19. The van der Waals surface area contributed by atoms with E-state index in [0.29, 0.717) is 0 Å². The molecule has 0 fully saturated rings. The van der Waals surface area contributed by atoms with Gasteiger partial charge in [0.15, 0.2) is 0 Å². The summed E-state index contributed by atoms with van der Waals surface area (Å²) in [4.78, 5) is 8.24. The van der Waals surface area contributed by atoms with Gasteiger partial charge in [0.25, 0.3) is 0 Å². The lowest BCUT2D eigenvalue weighted by atomic mass is 9.86. The average Bonchev–Trinajstić information content (AvgIpc) is 2.90. The van der Waals surface area contributed by atoms with Crippen LogP contribution >= 0.6 is 0 Å². The highest BCUT2D eigenvalue weighted by molar-refractivity contribution is 5.09. The van der Waals surface area contributed by atoms with Crippen LogP contribution in [-0.4, -0.2) is 20.6 Å². The van der Waals surface area contributed by atoms with Crippen molar-refractivity contribution in [3.63, 3.8) is 0 Å². The van der Waals surface area contributed by atoms with Crippen LogP contribution in [-0.2, 0) is 6.54 Å². The lowest BCUT2D eigenvalue weighted by Gasteiger charge is -2.34. The minimum absolute atomic E-state index is 0.0540. The quantitative estimate of drug-likeness (QED) is 0.919. The molecule has 0 aliphatic heterocycles. The Kier molecular flexibility index (Phi) is 4.73. The predicted molar refractivity (Wildman–Crippen MR) is 81.2 cm³/mol. The number of nitrogens with one attached hydrogen (secondary N) is 1. The third kappa shape index (κ3) is 4.36. The van der Waals surface area contributed by atoms with Crippen LogP contribution in [0, 0.1) is 11.2 Å². The van der Waals surface area contributed by atoms with Crippen LogP contribution in [0.3, 0.4) is 0 Å².